The van der Waals surface area contributed by atoms with Crippen molar-refractivity contribution in [3.05, 3.63) is 11.7 Å². The highest BCUT2D eigenvalue weighted by molar-refractivity contribution is 5.73. The van der Waals surface area contributed by atoms with E-state index in [4.69, 9.17) is 4.52 Å². The van der Waals surface area contributed by atoms with Gasteiger partial charge in [-0.25, -0.2) is 4.79 Å². The molecule has 0 radical (unpaired) electrons. The highest BCUT2D eigenvalue weighted by atomic mass is 16.5. The molecule has 2 amide bonds. The predicted octanol–water partition coefficient (Wildman–Crippen LogP) is 2.47. The van der Waals surface area contributed by atoms with Gasteiger partial charge < -0.3 is 15.2 Å². The summed E-state index contributed by atoms with van der Waals surface area (Å²) in [5, 5.41) is 9.77. The molecule has 6 heteroatoms. The summed E-state index contributed by atoms with van der Waals surface area (Å²) < 4.78 is 5.15. The summed E-state index contributed by atoms with van der Waals surface area (Å²) in [4.78, 5) is 16.1. The monoisotopic (exact) mass is 306 g/mol. The third kappa shape index (κ3) is 3.59. The average Bonchev–Trinajstić information content (AvgIpc) is 3.21. The summed E-state index contributed by atoms with van der Waals surface area (Å²) in [7, 11) is 0. The number of hydrogen-bond acceptors (Lipinski definition) is 4. The molecular weight excluding hydrogens is 280 g/mol. The Hall–Kier alpha value is -1.59. The van der Waals surface area contributed by atoms with E-state index in [9.17, 15) is 4.79 Å². The molecule has 2 N–H and O–H groups in total. The molecule has 2 bridgehead atoms. The van der Waals surface area contributed by atoms with Crippen LogP contribution in [0.2, 0.25) is 0 Å². The maximum atomic E-state index is 11.8. The molecule has 2 aliphatic carbocycles. The lowest BCUT2D eigenvalue weighted by atomic mass is 9.89. The van der Waals surface area contributed by atoms with E-state index in [1.54, 1.807) is 0 Å². The normalized spacial score (nSPS) is 26.6. The summed E-state index contributed by atoms with van der Waals surface area (Å²) in [6, 6.07) is -0.0913. The molecule has 2 saturated carbocycles. The number of rotatable bonds is 6. The summed E-state index contributed by atoms with van der Waals surface area (Å²) >= 11 is 0. The zero-order chi connectivity index (χ0) is 15.5. The molecule has 1 aromatic rings. The van der Waals surface area contributed by atoms with Crippen molar-refractivity contribution >= 4 is 6.03 Å². The van der Waals surface area contributed by atoms with E-state index in [1.807, 2.05) is 13.8 Å². The summed E-state index contributed by atoms with van der Waals surface area (Å²) in [5.41, 5.74) is 0. The summed E-state index contributed by atoms with van der Waals surface area (Å²) in [5.74, 6) is 4.02. The van der Waals surface area contributed by atoms with E-state index >= 15 is 0 Å². The largest absolute Gasteiger partial charge is 0.339 e. The van der Waals surface area contributed by atoms with Gasteiger partial charge in [0.2, 0.25) is 5.89 Å². The fraction of sp³-hybridized carbons (Fsp3) is 0.812. The van der Waals surface area contributed by atoms with Crippen LogP contribution in [0.3, 0.4) is 0 Å². The van der Waals surface area contributed by atoms with Gasteiger partial charge in [0.05, 0.1) is 0 Å². The Morgan fingerprint density at radius 1 is 1.32 bits per heavy atom. The zero-order valence-electron chi connectivity index (χ0n) is 13.5. The van der Waals surface area contributed by atoms with Crippen molar-refractivity contribution in [2.24, 2.45) is 17.8 Å². The van der Waals surface area contributed by atoms with E-state index in [1.165, 1.54) is 25.7 Å². The summed E-state index contributed by atoms with van der Waals surface area (Å²) in [6.07, 6.45) is 6.00. The fourth-order valence-corrected chi connectivity index (χ4v) is 3.80. The van der Waals surface area contributed by atoms with Crippen LogP contribution in [0.25, 0.3) is 0 Å². The Kier molecular flexibility index (Phi) is 4.64. The molecule has 0 unspecified atom stereocenters. The topological polar surface area (TPSA) is 80.0 Å². The molecule has 1 heterocycles. The fourth-order valence-electron chi connectivity index (χ4n) is 3.80. The SMILES string of the molecule is CC(C)c1noc(CCNC(=O)NC[C@H]2C[C@H]3CC[C@H]2C3)n1. The minimum Gasteiger partial charge on any atom is -0.339 e. The van der Waals surface area contributed by atoms with E-state index in [2.05, 4.69) is 20.8 Å². The van der Waals surface area contributed by atoms with Crippen molar-refractivity contribution in [1.29, 1.82) is 0 Å². The highest BCUT2D eigenvalue weighted by Crippen LogP contribution is 2.47. The molecule has 0 saturated heterocycles. The number of carbonyl (C=O) groups excluding carboxylic acids is 1. The zero-order valence-corrected chi connectivity index (χ0v) is 13.5. The molecular formula is C16H26N4O2. The Balaban J connectivity index is 1.32. The number of carbonyl (C=O) groups is 1. The lowest BCUT2D eigenvalue weighted by Gasteiger charge is -2.21. The number of fused-ring (bicyclic) bond motifs is 2. The van der Waals surface area contributed by atoms with Gasteiger partial charge in [-0.1, -0.05) is 25.4 Å². The van der Waals surface area contributed by atoms with Gasteiger partial charge in [0.1, 0.15) is 0 Å². The molecule has 3 atom stereocenters. The second-order valence-corrected chi connectivity index (χ2v) is 7.02. The molecule has 1 aromatic heterocycles. The second kappa shape index (κ2) is 6.67. The van der Waals surface area contributed by atoms with Gasteiger partial charge in [0.15, 0.2) is 5.82 Å². The van der Waals surface area contributed by atoms with Crippen molar-refractivity contribution in [3.8, 4) is 0 Å². The van der Waals surface area contributed by atoms with Gasteiger partial charge >= 0.3 is 6.03 Å². The Bertz CT molecular complexity index is 514. The van der Waals surface area contributed by atoms with E-state index < -0.39 is 0 Å². The molecule has 0 aliphatic heterocycles. The first kappa shape index (κ1) is 15.3. The first-order valence-corrected chi connectivity index (χ1v) is 8.46. The van der Waals surface area contributed by atoms with Gasteiger partial charge in [-0.3, -0.25) is 0 Å². The molecule has 2 aliphatic rings. The molecule has 122 valence electrons. The van der Waals surface area contributed by atoms with Crippen molar-refractivity contribution in [1.82, 2.24) is 20.8 Å². The van der Waals surface area contributed by atoms with E-state index in [0.717, 1.165) is 24.2 Å². The molecule has 0 aromatic carbocycles. The van der Waals surface area contributed by atoms with Crippen LogP contribution in [0, 0.1) is 17.8 Å². The van der Waals surface area contributed by atoms with Crippen molar-refractivity contribution in [3.63, 3.8) is 0 Å². The number of urea groups is 1. The van der Waals surface area contributed by atoms with Crippen LogP contribution >= 0.6 is 0 Å². The van der Waals surface area contributed by atoms with Gasteiger partial charge in [-0.05, 0) is 37.0 Å². The van der Waals surface area contributed by atoms with Crippen LogP contribution in [0.1, 0.15) is 57.2 Å². The Morgan fingerprint density at radius 3 is 2.82 bits per heavy atom. The number of amides is 2. The smallest absolute Gasteiger partial charge is 0.314 e. The van der Waals surface area contributed by atoms with Gasteiger partial charge in [0.25, 0.3) is 0 Å². The van der Waals surface area contributed by atoms with Crippen LogP contribution < -0.4 is 10.6 Å². The average molecular weight is 306 g/mol. The number of nitrogens with zero attached hydrogens (tertiary/aromatic N) is 2. The maximum absolute atomic E-state index is 11.8. The van der Waals surface area contributed by atoms with E-state index in [-0.39, 0.29) is 11.9 Å². The third-order valence-corrected chi connectivity index (χ3v) is 5.03. The minimum absolute atomic E-state index is 0.0913. The molecule has 0 spiro atoms. The van der Waals surface area contributed by atoms with Crippen LogP contribution in [0.5, 0.6) is 0 Å². The first-order valence-electron chi connectivity index (χ1n) is 8.46. The number of nitrogens with one attached hydrogen (secondary N) is 2. The quantitative estimate of drug-likeness (QED) is 0.846. The standard InChI is InChI=1S/C16H26N4O2/c1-10(2)15-19-14(22-20-15)5-6-17-16(21)18-9-13-8-11-3-4-12(13)7-11/h10-13H,3-9H2,1-2H3,(H2,17,18,21)/t11-,12-,13+/m0/s1. The lowest BCUT2D eigenvalue weighted by molar-refractivity contribution is 0.234. The van der Waals surface area contributed by atoms with Crippen LogP contribution in [-0.4, -0.2) is 29.3 Å². The van der Waals surface area contributed by atoms with E-state index in [0.29, 0.717) is 24.8 Å². The predicted molar refractivity (Wildman–Crippen MR) is 82.4 cm³/mol. The van der Waals surface area contributed by atoms with Crippen molar-refractivity contribution in [2.75, 3.05) is 13.1 Å². The molecule has 3 rings (SSSR count). The molecule has 22 heavy (non-hydrogen) atoms. The number of hydrogen-bond donors (Lipinski definition) is 2. The van der Waals surface area contributed by atoms with Gasteiger partial charge in [0, 0.05) is 25.4 Å². The van der Waals surface area contributed by atoms with Crippen molar-refractivity contribution in [2.45, 2.75) is 51.9 Å². The maximum Gasteiger partial charge on any atom is 0.314 e. The van der Waals surface area contributed by atoms with Crippen LogP contribution in [0.4, 0.5) is 4.79 Å². The molecule has 6 nitrogen and oxygen atoms in total. The minimum atomic E-state index is -0.0913. The summed E-state index contributed by atoms with van der Waals surface area (Å²) in [6.45, 7) is 5.37. The Morgan fingerprint density at radius 2 is 2.18 bits per heavy atom. The lowest BCUT2D eigenvalue weighted by Crippen LogP contribution is -2.40. The number of aromatic nitrogens is 2. The first-order chi connectivity index (χ1) is 10.6. The third-order valence-electron chi connectivity index (χ3n) is 5.03. The Labute approximate surface area is 131 Å². The molecule has 2 fully saturated rings. The second-order valence-electron chi connectivity index (χ2n) is 7.02. The van der Waals surface area contributed by atoms with Gasteiger partial charge in [-0.2, -0.15) is 4.98 Å². The van der Waals surface area contributed by atoms with Gasteiger partial charge in [-0.15, -0.1) is 0 Å². The van der Waals surface area contributed by atoms with Crippen LogP contribution in [0.15, 0.2) is 4.52 Å². The van der Waals surface area contributed by atoms with Crippen molar-refractivity contribution < 1.29 is 9.32 Å². The highest BCUT2D eigenvalue weighted by Gasteiger charge is 2.39. The van der Waals surface area contributed by atoms with Crippen LogP contribution in [-0.2, 0) is 6.42 Å².